The Morgan fingerprint density at radius 2 is 2.00 bits per heavy atom. The maximum atomic E-state index is 12.0. The van der Waals surface area contributed by atoms with Gasteiger partial charge in [0.2, 0.25) is 5.89 Å². The summed E-state index contributed by atoms with van der Waals surface area (Å²) in [6.07, 6.45) is 5.26. The third kappa shape index (κ3) is 2.78. The van der Waals surface area contributed by atoms with E-state index < -0.39 is 0 Å². The molecular formula is C18H21NO2. The van der Waals surface area contributed by atoms with Gasteiger partial charge in [0.05, 0.1) is 10.9 Å². The van der Waals surface area contributed by atoms with Gasteiger partial charge in [-0.05, 0) is 42.7 Å². The van der Waals surface area contributed by atoms with Crippen LogP contribution in [0.25, 0.3) is 16.5 Å². The van der Waals surface area contributed by atoms with Gasteiger partial charge in [-0.25, -0.2) is 9.78 Å². The van der Waals surface area contributed by atoms with Crippen LogP contribution in [-0.2, 0) is 0 Å². The van der Waals surface area contributed by atoms with Gasteiger partial charge in [0, 0.05) is 5.57 Å². The molecular weight excluding hydrogens is 262 g/mol. The third-order valence-corrected chi connectivity index (χ3v) is 4.45. The molecule has 110 valence electrons. The highest BCUT2D eigenvalue weighted by Gasteiger charge is 2.27. The Morgan fingerprint density at radius 1 is 1.24 bits per heavy atom. The van der Waals surface area contributed by atoms with Crippen LogP contribution in [0.3, 0.4) is 0 Å². The number of fused-ring (bicyclic) bond motifs is 1. The van der Waals surface area contributed by atoms with E-state index in [9.17, 15) is 4.79 Å². The van der Waals surface area contributed by atoms with Gasteiger partial charge in [0.25, 0.3) is 0 Å². The number of benzene rings is 1. The molecule has 1 aromatic heterocycles. The smallest absolute Gasteiger partial charge is 0.347 e. The fourth-order valence-corrected chi connectivity index (χ4v) is 2.97. The molecule has 1 atom stereocenters. The highest BCUT2D eigenvalue weighted by Crippen LogP contribution is 2.39. The number of nitrogens with zero attached hydrogens (tertiary/aromatic N) is 1. The van der Waals surface area contributed by atoms with Gasteiger partial charge in [0.1, 0.15) is 0 Å². The lowest BCUT2D eigenvalue weighted by Gasteiger charge is -2.32. The third-order valence-electron chi connectivity index (χ3n) is 4.45. The molecule has 2 aromatic rings. The number of rotatable bonds is 1. The van der Waals surface area contributed by atoms with Crippen molar-refractivity contribution in [3.8, 4) is 0 Å². The van der Waals surface area contributed by atoms with E-state index in [0.717, 1.165) is 24.8 Å². The molecule has 0 fully saturated rings. The van der Waals surface area contributed by atoms with E-state index >= 15 is 0 Å². The van der Waals surface area contributed by atoms with Crippen molar-refractivity contribution in [2.75, 3.05) is 0 Å². The normalized spacial score (nSPS) is 19.6. The van der Waals surface area contributed by atoms with Gasteiger partial charge in [0.15, 0.2) is 0 Å². The molecule has 1 aromatic carbocycles. The van der Waals surface area contributed by atoms with Crippen LogP contribution in [0.5, 0.6) is 0 Å². The first kappa shape index (κ1) is 14.1. The van der Waals surface area contributed by atoms with Gasteiger partial charge in [-0.1, -0.05) is 39.0 Å². The first-order valence-corrected chi connectivity index (χ1v) is 7.54. The Balaban J connectivity index is 1.95. The lowest BCUT2D eigenvalue weighted by molar-refractivity contribution is 0.224. The van der Waals surface area contributed by atoms with Gasteiger partial charge in [-0.2, -0.15) is 0 Å². The summed E-state index contributed by atoms with van der Waals surface area (Å²) in [5.41, 5.74) is 1.80. The molecule has 0 spiro atoms. The lowest BCUT2D eigenvalue weighted by Crippen LogP contribution is -2.22. The Morgan fingerprint density at radius 3 is 2.67 bits per heavy atom. The highest BCUT2D eigenvalue weighted by atomic mass is 16.4. The Hall–Kier alpha value is -1.90. The minimum Gasteiger partial charge on any atom is -0.403 e. The summed E-state index contributed by atoms with van der Waals surface area (Å²) in [6, 6.07) is 7.33. The number of allylic oxidation sites excluding steroid dienone is 2. The van der Waals surface area contributed by atoms with Gasteiger partial charge in [-0.15, -0.1) is 0 Å². The second-order valence-electron chi connectivity index (χ2n) is 6.89. The van der Waals surface area contributed by atoms with Crippen LogP contribution in [0, 0.1) is 11.3 Å². The van der Waals surface area contributed by atoms with Crippen molar-refractivity contribution in [2.45, 2.75) is 40.0 Å². The molecule has 3 nitrogen and oxygen atoms in total. The summed E-state index contributed by atoms with van der Waals surface area (Å²) in [4.78, 5) is 16.5. The summed E-state index contributed by atoms with van der Waals surface area (Å²) in [5.74, 6) is 1.17. The first-order chi connectivity index (χ1) is 9.95. The van der Waals surface area contributed by atoms with Crippen LogP contribution in [-0.4, -0.2) is 4.98 Å². The molecule has 1 aliphatic rings. The molecule has 1 aliphatic carbocycles. The van der Waals surface area contributed by atoms with Crippen molar-refractivity contribution in [3.05, 3.63) is 46.7 Å². The largest absolute Gasteiger partial charge is 0.403 e. The number of aromatic nitrogens is 1. The standard InChI is InChI=1S/C18H21NO2/c1-18(2,3)13-10-8-12(9-11-13)16-19-15-7-5-4-6-14(15)17(20)21-16/h4-8,13H,9-11H2,1-3H3. The van der Waals surface area contributed by atoms with E-state index in [1.807, 2.05) is 18.2 Å². The molecule has 0 saturated heterocycles. The minimum absolute atomic E-state index is 0.297. The number of hydrogen-bond acceptors (Lipinski definition) is 3. The fourth-order valence-electron chi connectivity index (χ4n) is 2.97. The van der Waals surface area contributed by atoms with Crippen molar-refractivity contribution in [2.24, 2.45) is 11.3 Å². The van der Waals surface area contributed by atoms with Gasteiger partial charge >= 0.3 is 5.63 Å². The highest BCUT2D eigenvalue weighted by molar-refractivity contribution is 5.78. The maximum Gasteiger partial charge on any atom is 0.347 e. The summed E-state index contributed by atoms with van der Waals surface area (Å²) >= 11 is 0. The van der Waals surface area contributed by atoms with E-state index in [-0.39, 0.29) is 5.63 Å². The topological polar surface area (TPSA) is 43.1 Å². The second kappa shape index (κ2) is 5.14. The van der Waals surface area contributed by atoms with Crippen LogP contribution in [0.4, 0.5) is 0 Å². The van der Waals surface area contributed by atoms with E-state index in [1.165, 1.54) is 0 Å². The van der Waals surface area contributed by atoms with E-state index in [4.69, 9.17) is 4.42 Å². The van der Waals surface area contributed by atoms with Gasteiger partial charge in [-0.3, -0.25) is 0 Å². The van der Waals surface area contributed by atoms with E-state index in [1.54, 1.807) is 6.07 Å². The average Bonchev–Trinajstić information content (AvgIpc) is 2.46. The Bertz CT molecular complexity index is 750. The van der Waals surface area contributed by atoms with E-state index in [0.29, 0.717) is 28.1 Å². The van der Waals surface area contributed by atoms with Crippen LogP contribution in [0.15, 0.2) is 39.6 Å². The van der Waals surface area contributed by atoms with Crippen molar-refractivity contribution < 1.29 is 4.42 Å². The number of hydrogen-bond donors (Lipinski definition) is 0. The summed E-state index contributed by atoms with van der Waals surface area (Å²) < 4.78 is 5.42. The number of para-hydroxylation sites is 1. The van der Waals surface area contributed by atoms with Crippen LogP contribution in [0.1, 0.15) is 45.9 Å². The zero-order valence-electron chi connectivity index (χ0n) is 12.8. The fraction of sp³-hybridized carbons (Fsp3) is 0.444. The van der Waals surface area contributed by atoms with Crippen molar-refractivity contribution in [3.63, 3.8) is 0 Å². The van der Waals surface area contributed by atoms with Crippen molar-refractivity contribution in [1.82, 2.24) is 4.98 Å². The molecule has 0 aliphatic heterocycles. The predicted molar refractivity (Wildman–Crippen MR) is 85.1 cm³/mol. The van der Waals surface area contributed by atoms with Crippen molar-refractivity contribution in [1.29, 1.82) is 0 Å². The van der Waals surface area contributed by atoms with Crippen LogP contribution < -0.4 is 5.63 Å². The predicted octanol–water partition coefficient (Wildman–Crippen LogP) is 4.42. The Labute approximate surface area is 124 Å². The zero-order valence-corrected chi connectivity index (χ0v) is 12.8. The summed E-state index contributed by atoms with van der Waals surface area (Å²) in [6.45, 7) is 6.85. The summed E-state index contributed by atoms with van der Waals surface area (Å²) in [5, 5.41) is 0.547. The van der Waals surface area contributed by atoms with E-state index in [2.05, 4.69) is 31.8 Å². The first-order valence-electron chi connectivity index (χ1n) is 7.54. The minimum atomic E-state index is -0.297. The molecule has 1 heterocycles. The maximum absolute atomic E-state index is 12.0. The molecule has 3 heteroatoms. The van der Waals surface area contributed by atoms with Crippen LogP contribution in [0.2, 0.25) is 0 Å². The zero-order chi connectivity index (χ0) is 15.0. The second-order valence-corrected chi connectivity index (χ2v) is 6.89. The molecule has 0 amide bonds. The Kier molecular flexibility index (Phi) is 3.44. The molecule has 1 unspecified atom stereocenters. The van der Waals surface area contributed by atoms with Crippen LogP contribution >= 0.6 is 0 Å². The molecule has 21 heavy (non-hydrogen) atoms. The average molecular weight is 283 g/mol. The lowest BCUT2D eigenvalue weighted by atomic mass is 9.73. The molecule has 0 N–H and O–H groups in total. The van der Waals surface area contributed by atoms with Crippen molar-refractivity contribution >= 4 is 16.5 Å². The molecule has 0 radical (unpaired) electrons. The molecule has 0 saturated carbocycles. The summed E-state index contributed by atoms with van der Waals surface area (Å²) in [7, 11) is 0. The molecule has 0 bridgehead atoms. The monoisotopic (exact) mass is 283 g/mol. The van der Waals surface area contributed by atoms with Gasteiger partial charge < -0.3 is 4.42 Å². The SMILES string of the molecule is CC(C)(C)C1CC=C(c2nc3ccccc3c(=O)o2)CC1. The molecule has 3 rings (SSSR count). The quantitative estimate of drug-likeness (QED) is 0.778.